The third-order valence-electron chi connectivity index (χ3n) is 3.44. The van der Waals surface area contributed by atoms with Crippen molar-refractivity contribution in [2.45, 2.75) is 19.9 Å². The van der Waals surface area contributed by atoms with Crippen molar-refractivity contribution in [2.24, 2.45) is 0 Å². The Hall–Kier alpha value is -2.05. The van der Waals surface area contributed by atoms with Gasteiger partial charge in [-0.2, -0.15) is 0 Å². The van der Waals surface area contributed by atoms with Crippen molar-refractivity contribution in [2.75, 3.05) is 25.5 Å². The van der Waals surface area contributed by atoms with Crippen molar-refractivity contribution >= 4 is 23.4 Å². The second kappa shape index (κ2) is 7.99. The number of amides is 1. The highest BCUT2D eigenvalue weighted by molar-refractivity contribution is 6.30. The summed E-state index contributed by atoms with van der Waals surface area (Å²) in [5.41, 5.74) is 0.720. The second-order valence-electron chi connectivity index (χ2n) is 5.28. The van der Waals surface area contributed by atoms with E-state index in [9.17, 15) is 4.79 Å². The molecule has 0 bridgehead atoms. The minimum atomic E-state index is -0.325. The number of likely N-dealkylation sites (N-methyl/N-ethyl adjacent to an activating group) is 1. The summed E-state index contributed by atoms with van der Waals surface area (Å²) in [4.78, 5) is 14.0. The molecule has 0 saturated carbocycles. The normalized spacial score (nSPS) is 12.2. The van der Waals surface area contributed by atoms with E-state index in [1.807, 2.05) is 31.0 Å². The molecule has 1 heterocycles. The molecule has 7 heteroatoms. The Kier molecular flexibility index (Phi) is 6.01. The number of aromatic nitrogens is 1. The third kappa shape index (κ3) is 5.26. The molecule has 1 N–H and O–H groups in total. The lowest BCUT2D eigenvalue weighted by Gasteiger charge is -2.23. The van der Waals surface area contributed by atoms with Crippen LogP contribution in [-0.2, 0) is 4.79 Å². The summed E-state index contributed by atoms with van der Waals surface area (Å²) < 4.78 is 10.6. The minimum Gasteiger partial charge on any atom is -0.492 e. The molecule has 1 amide bonds. The number of aryl methyl sites for hydroxylation is 1. The molecule has 0 aliphatic heterocycles. The topological polar surface area (TPSA) is 67.6 Å². The molecule has 6 nitrogen and oxygen atoms in total. The van der Waals surface area contributed by atoms with Gasteiger partial charge in [0, 0.05) is 17.6 Å². The number of ether oxygens (including phenoxy) is 1. The monoisotopic (exact) mass is 337 g/mol. The first-order valence-electron chi connectivity index (χ1n) is 7.28. The number of rotatable bonds is 7. The zero-order chi connectivity index (χ0) is 16.8. The molecule has 1 aromatic carbocycles. The van der Waals surface area contributed by atoms with Crippen molar-refractivity contribution in [1.29, 1.82) is 0 Å². The zero-order valence-corrected chi connectivity index (χ0v) is 14.1. The van der Waals surface area contributed by atoms with E-state index in [0.717, 1.165) is 11.4 Å². The SMILES string of the molecule is Cc1cc(NC(=O)C(C)N(C)CCOc2ccc(Cl)cc2)on1. The molecule has 0 spiro atoms. The van der Waals surface area contributed by atoms with Gasteiger partial charge in [0.05, 0.1) is 11.7 Å². The largest absolute Gasteiger partial charge is 0.492 e. The van der Waals surface area contributed by atoms with Gasteiger partial charge >= 0.3 is 0 Å². The predicted molar refractivity (Wildman–Crippen MR) is 88.9 cm³/mol. The third-order valence-corrected chi connectivity index (χ3v) is 3.69. The molecule has 124 valence electrons. The van der Waals surface area contributed by atoms with Gasteiger partial charge in [0.1, 0.15) is 12.4 Å². The quantitative estimate of drug-likeness (QED) is 0.841. The zero-order valence-electron chi connectivity index (χ0n) is 13.4. The van der Waals surface area contributed by atoms with E-state index in [0.29, 0.717) is 24.1 Å². The first kappa shape index (κ1) is 17.3. The number of halogens is 1. The Bertz CT molecular complexity index is 642. The number of nitrogens with zero attached hydrogens (tertiary/aromatic N) is 2. The molecule has 0 aliphatic carbocycles. The molecule has 1 aromatic heterocycles. The van der Waals surface area contributed by atoms with Crippen LogP contribution in [0, 0.1) is 6.92 Å². The average molecular weight is 338 g/mol. The summed E-state index contributed by atoms with van der Waals surface area (Å²) in [5, 5.41) is 7.09. The molecule has 0 radical (unpaired) electrons. The highest BCUT2D eigenvalue weighted by Crippen LogP contribution is 2.15. The van der Waals surface area contributed by atoms with Crippen LogP contribution in [0.15, 0.2) is 34.9 Å². The molecular formula is C16H20ClN3O3. The highest BCUT2D eigenvalue weighted by Gasteiger charge is 2.19. The Labute approximate surface area is 140 Å². The van der Waals surface area contributed by atoms with E-state index in [2.05, 4.69) is 10.5 Å². The molecule has 0 fully saturated rings. The Balaban J connectivity index is 1.76. The van der Waals surface area contributed by atoms with Gasteiger partial charge in [-0.05, 0) is 45.2 Å². The lowest BCUT2D eigenvalue weighted by molar-refractivity contribution is -0.120. The smallest absolute Gasteiger partial charge is 0.243 e. The molecule has 0 saturated heterocycles. The van der Waals surface area contributed by atoms with E-state index in [1.54, 1.807) is 25.1 Å². The Morgan fingerprint density at radius 1 is 1.43 bits per heavy atom. The maximum atomic E-state index is 12.1. The van der Waals surface area contributed by atoms with Crippen LogP contribution in [0.3, 0.4) is 0 Å². The predicted octanol–water partition coefficient (Wildman–Crippen LogP) is 2.97. The van der Waals surface area contributed by atoms with Crippen molar-refractivity contribution in [3.8, 4) is 5.75 Å². The first-order valence-corrected chi connectivity index (χ1v) is 7.66. The summed E-state index contributed by atoms with van der Waals surface area (Å²) in [6.07, 6.45) is 0. The number of nitrogens with one attached hydrogen (secondary N) is 1. The fraction of sp³-hybridized carbons (Fsp3) is 0.375. The molecular weight excluding hydrogens is 318 g/mol. The van der Waals surface area contributed by atoms with Gasteiger partial charge in [-0.1, -0.05) is 16.8 Å². The fourth-order valence-electron chi connectivity index (χ4n) is 1.88. The van der Waals surface area contributed by atoms with Crippen LogP contribution >= 0.6 is 11.6 Å². The first-order chi connectivity index (χ1) is 11.0. The molecule has 1 atom stereocenters. The summed E-state index contributed by atoms with van der Waals surface area (Å²) in [6.45, 7) is 4.69. The number of carbonyl (C=O) groups is 1. The van der Waals surface area contributed by atoms with E-state index in [1.165, 1.54) is 0 Å². The van der Waals surface area contributed by atoms with E-state index in [-0.39, 0.29) is 11.9 Å². The molecule has 2 aromatic rings. The van der Waals surface area contributed by atoms with Crippen LogP contribution in [0.1, 0.15) is 12.6 Å². The molecule has 2 rings (SSSR count). The maximum absolute atomic E-state index is 12.1. The lowest BCUT2D eigenvalue weighted by atomic mass is 10.2. The second-order valence-corrected chi connectivity index (χ2v) is 5.72. The van der Waals surface area contributed by atoms with Gasteiger partial charge in [-0.3, -0.25) is 15.0 Å². The summed E-state index contributed by atoms with van der Waals surface area (Å²) in [5.74, 6) is 0.942. The lowest BCUT2D eigenvalue weighted by Crippen LogP contribution is -2.41. The van der Waals surface area contributed by atoms with Crippen LogP contribution in [0.4, 0.5) is 5.88 Å². The Morgan fingerprint density at radius 3 is 2.74 bits per heavy atom. The average Bonchev–Trinajstić information content (AvgIpc) is 2.93. The summed E-state index contributed by atoms with van der Waals surface area (Å²) in [6, 6.07) is 8.52. The number of hydrogen-bond acceptors (Lipinski definition) is 5. The van der Waals surface area contributed by atoms with Crippen LogP contribution in [0.25, 0.3) is 0 Å². The van der Waals surface area contributed by atoms with Gasteiger partial charge in [0.15, 0.2) is 0 Å². The van der Waals surface area contributed by atoms with Gasteiger partial charge in [-0.15, -0.1) is 0 Å². The van der Waals surface area contributed by atoms with Crippen molar-refractivity contribution in [1.82, 2.24) is 10.1 Å². The fourth-order valence-corrected chi connectivity index (χ4v) is 2.01. The highest BCUT2D eigenvalue weighted by atomic mass is 35.5. The van der Waals surface area contributed by atoms with Gasteiger partial charge in [-0.25, -0.2) is 0 Å². The van der Waals surface area contributed by atoms with Crippen LogP contribution in [0.2, 0.25) is 5.02 Å². The van der Waals surface area contributed by atoms with Gasteiger partial charge in [0.25, 0.3) is 0 Å². The van der Waals surface area contributed by atoms with Crippen LogP contribution < -0.4 is 10.1 Å². The van der Waals surface area contributed by atoms with E-state index < -0.39 is 0 Å². The molecule has 0 aliphatic rings. The van der Waals surface area contributed by atoms with Crippen molar-refractivity contribution < 1.29 is 14.1 Å². The van der Waals surface area contributed by atoms with E-state index >= 15 is 0 Å². The standard InChI is InChI=1S/C16H20ClN3O3/c1-11-10-15(23-19-11)18-16(21)12(2)20(3)8-9-22-14-6-4-13(17)5-7-14/h4-7,10,12H,8-9H2,1-3H3,(H,18,21). The number of benzene rings is 1. The van der Waals surface area contributed by atoms with Gasteiger partial charge in [0.2, 0.25) is 11.8 Å². The number of carbonyl (C=O) groups excluding carboxylic acids is 1. The Morgan fingerprint density at radius 2 is 2.13 bits per heavy atom. The van der Waals surface area contributed by atoms with Crippen molar-refractivity contribution in [3.63, 3.8) is 0 Å². The molecule has 23 heavy (non-hydrogen) atoms. The minimum absolute atomic E-state index is 0.157. The maximum Gasteiger partial charge on any atom is 0.243 e. The van der Waals surface area contributed by atoms with E-state index in [4.69, 9.17) is 20.9 Å². The molecule has 1 unspecified atom stereocenters. The summed E-state index contributed by atoms with van der Waals surface area (Å²) in [7, 11) is 1.86. The van der Waals surface area contributed by atoms with Gasteiger partial charge < -0.3 is 9.26 Å². The number of hydrogen-bond donors (Lipinski definition) is 1. The number of anilines is 1. The van der Waals surface area contributed by atoms with Crippen LogP contribution in [0.5, 0.6) is 5.75 Å². The van der Waals surface area contributed by atoms with Crippen LogP contribution in [-0.4, -0.2) is 42.2 Å². The summed E-state index contributed by atoms with van der Waals surface area (Å²) >= 11 is 5.82. The van der Waals surface area contributed by atoms with Crippen molar-refractivity contribution in [3.05, 3.63) is 41.0 Å².